The van der Waals surface area contributed by atoms with Gasteiger partial charge in [0.15, 0.2) is 6.61 Å². The third kappa shape index (κ3) is 2.68. The van der Waals surface area contributed by atoms with Crippen molar-refractivity contribution in [2.45, 2.75) is 51.9 Å². The average Bonchev–Trinajstić information content (AvgIpc) is 3.17. The Morgan fingerprint density at radius 2 is 1.88 bits per heavy atom. The predicted octanol–water partition coefficient (Wildman–Crippen LogP) is 0.365. The number of hydrogen-bond donors (Lipinski definition) is 0. The molecule has 0 amide bonds. The van der Waals surface area contributed by atoms with Gasteiger partial charge in [-0.05, 0) is 20.3 Å². The summed E-state index contributed by atoms with van der Waals surface area (Å²) in [7, 11) is 0. The zero-order valence-corrected chi connectivity index (χ0v) is 13.8. The minimum Gasteiger partial charge on any atom is -0.457 e. The summed E-state index contributed by atoms with van der Waals surface area (Å²) in [5, 5.41) is 0. The first-order valence-electron chi connectivity index (χ1n) is 8.02. The summed E-state index contributed by atoms with van der Waals surface area (Å²) in [6, 6.07) is 0. The third-order valence-corrected chi connectivity index (χ3v) is 5.09. The minimum atomic E-state index is -0.712. The summed E-state index contributed by atoms with van der Waals surface area (Å²) in [5.41, 5.74) is -0.670. The summed E-state index contributed by atoms with van der Waals surface area (Å²) in [6.07, 6.45) is -0.877. The van der Waals surface area contributed by atoms with E-state index < -0.39 is 66.0 Å². The zero-order chi connectivity index (χ0) is 17.6. The van der Waals surface area contributed by atoms with Crippen LogP contribution in [0.4, 0.5) is 0 Å². The van der Waals surface area contributed by atoms with Crippen molar-refractivity contribution in [1.82, 2.24) is 0 Å². The maximum absolute atomic E-state index is 11.9. The van der Waals surface area contributed by atoms with Crippen LogP contribution in [0.15, 0.2) is 0 Å². The van der Waals surface area contributed by atoms with E-state index in [0.29, 0.717) is 12.8 Å². The third-order valence-electron chi connectivity index (χ3n) is 5.09. The van der Waals surface area contributed by atoms with E-state index in [1.54, 1.807) is 13.8 Å². The Kier molecular flexibility index (Phi) is 4.11. The molecule has 8 nitrogen and oxygen atoms in total. The molecule has 0 aromatic heterocycles. The Bertz CT molecular complexity index is 595. The summed E-state index contributed by atoms with van der Waals surface area (Å²) in [4.78, 5) is 47.0. The van der Waals surface area contributed by atoms with E-state index >= 15 is 0 Å². The first-order chi connectivity index (χ1) is 11.2. The largest absolute Gasteiger partial charge is 0.457 e. The Labute approximate surface area is 138 Å². The molecule has 0 N–H and O–H groups in total. The van der Waals surface area contributed by atoms with Gasteiger partial charge in [-0.25, -0.2) is 4.79 Å². The van der Waals surface area contributed by atoms with E-state index in [1.807, 2.05) is 6.92 Å². The highest BCUT2D eigenvalue weighted by Crippen LogP contribution is 2.48. The molecular formula is C16H20O8. The highest BCUT2D eigenvalue weighted by molar-refractivity contribution is 5.98. The van der Waals surface area contributed by atoms with Crippen LogP contribution in [0.1, 0.15) is 33.6 Å². The molecule has 3 rings (SSSR count). The Hall–Kier alpha value is -1.96. The second kappa shape index (κ2) is 5.84. The molecule has 3 heterocycles. The van der Waals surface area contributed by atoms with E-state index in [0.717, 1.165) is 0 Å². The number of hydrogen-bond acceptors (Lipinski definition) is 8. The van der Waals surface area contributed by atoms with E-state index in [9.17, 15) is 19.2 Å². The van der Waals surface area contributed by atoms with Crippen molar-refractivity contribution < 1.29 is 38.1 Å². The van der Waals surface area contributed by atoms with Gasteiger partial charge in [-0.1, -0.05) is 6.92 Å². The lowest BCUT2D eigenvalue weighted by atomic mass is 9.79. The van der Waals surface area contributed by atoms with Crippen molar-refractivity contribution >= 4 is 23.9 Å². The van der Waals surface area contributed by atoms with E-state index in [4.69, 9.17) is 14.2 Å². The summed E-state index contributed by atoms with van der Waals surface area (Å²) < 4.78 is 20.5. The van der Waals surface area contributed by atoms with Crippen LogP contribution in [0.25, 0.3) is 0 Å². The second-order valence-corrected chi connectivity index (χ2v) is 7.01. The number of fused-ring (bicyclic) bond motifs is 5. The SMILES string of the molecule is CCC(C)(C)C(=O)OCC(=O)OC1CC2OC1C1C(=O)OC(=O)C21. The molecule has 0 saturated carbocycles. The van der Waals surface area contributed by atoms with Crippen molar-refractivity contribution in [2.75, 3.05) is 6.61 Å². The standard InChI is InChI=1S/C16H20O8/c1-4-16(2,3)15(20)21-6-9(17)22-8-5-7-10-11(12(8)23-7)14(19)24-13(10)18/h7-8,10-12H,4-6H2,1-3H3. The lowest BCUT2D eigenvalue weighted by molar-refractivity contribution is -0.170. The fourth-order valence-corrected chi connectivity index (χ4v) is 3.29. The van der Waals surface area contributed by atoms with Crippen molar-refractivity contribution in [3.63, 3.8) is 0 Å². The molecule has 0 spiro atoms. The Morgan fingerprint density at radius 1 is 1.21 bits per heavy atom. The fourth-order valence-electron chi connectivity index (χ4n) is 3.29. The van der Waals surface area contributed by atoms with Gasteiger partial charge in [0.05, 0.1) is 17.4 Å². The lowest BCUT2D eigenvalue weighted by Gasteiger charge is -2.24. The fraction of sp³-hybridized carbons (Fsp3) is 0.750. The molecule has 3 aliphatic rings. The molecule has 132 valence electrons. The smallest absolute Gasteiger partial charge is 0.344 e. The summed E-state index contributed by atoms with van der Waals surface area (Å²) in [6.45, 7) is 4.82. The topological polar surface area (TPSA) is 105 Å². The molecule has 2 bridgehead atoms. The van der Waals surface area contributed by atoms with E-state index in [-0.39, 0.29) is 0 Å². The number of rotatable bonds is 5. The van der Waals surface area contributed by atoms with Gasteiger partial charge in [0, 0.05) is 6.42 Å². The van der Waals surface area contributed by atoms with Gasteiger partial charge in [-0.15, -0.1) is 0 Å². The van der Waals surface area contributed by atoms with Crippen LogP contribution in [0.5, 0.6) is 0 Å². The van der Waals surface area contributed by atoms with Gasteiger partial charge >= 0.3 is 23.9 Å². The second-order valence-electron chi connectivity index (χ2n) is 7.01. The van der Waals surface area contributed by atoms with Crippen molar-refractivity contribution in [3.8, 4) is 0 Å². The molecular weight excluding hydrogens is 320 g/mol. The van der Waals surface area contributed by atoms with Crippen LogP contribution >= 0.6 is 0 Å². The first-order valence-corrected chi connectivity index (χ1v) is 8.02. The van der Waals surface area contributed by atoms with Gasteiger partial charge in [0.2, 0.25) is 0 Å². The first kappa shape index (κ1) is 16.9. The molecule has 5 atom stereocenters. The van der Waals surface area contributed by atoms with Crippen LogP contribution < -0.4 is 0 Å². The summed E-state index contributed by atoms with van der Waals surface area (Å²) >= 11 is 0. The Balaban J connectivity index is 1.53. The lowest BCUT2D eigenvalue weighted by Crippen LogP contribution is -2.41. The van der Waals surface area contributed by atoms with E-state index in [2.05, 4.69) is 4.74 Å². The monoisotopic (exact) mass is 340 g/mol. The van der Waals surface area contributed by atoms with Crippen LogP contribution in [0.3, 0.4) is 0 Å². The molecule has 0 radical (unpaired) electrons. The average molecular weight is 340 g/mol. The van der Waals surface area contributed by atoms with Crippen LogP contribution in [-0.2, 0) is 38.1 Å². The maximum Gasteiger partial charge on any atom is 0.344 e. The zero-order valence-electron chi connectivity index (χ0n) is 13.8. The summed E-state index contributed by atoms with van der Waals surface area (Å²) in [5.74, 6) is -3.69. The van der Waals surface area contributed by atoms with Gasteiger partial charge < -0.3 is 18.9 Å². The van der Waals surface area contributed by atoms with Gasteiger partial charge in [-0.2, -0.15) is 0 Å². The molecule has 24 heavy (non-hydrogen) atoms. The molecule has 0 aromatic rings. The number of esters is 4. The molecule has 0 aliphatic carbocycles. The molecule has 8 heteroatoms. The number of cyclic esters (lactones) is 2. The predicted molar refractivity (Wildman–Crippen MR) is 76.3 cm³/mol. The molecule has 3 saturated heterocycles. The number of carbonyl (C=O) groups is 4. The number of carbonyl (C=O) groups excluding carboxylic acids is 4. The number of ether oxygens (including phenoxy) is 4. The van der Waals surface area contributed by atoms with Crippen LogP contribution in [0, 0.1) is 17.3 Å². The highest BCUT2D eigenvalue weighted by atomic mass is 16.6. The van der Waals surface area contributed by atoms with E-state index in [1.165, 1.54) is 0 Å². The van der Waals surface area contributed by atoms with Crippen LogP contribution in [-0.4, -0.2) is 48.8 Å². The molecule has 3 fully saturated rings. The molecule has 0 aromatic carbocycles. The van der Waals surface area contributed by atoms with Crippen molar-refractivity contribution in [2.24, 2.45) is 17.3 Å². The normalized spacial score (nSPS) is 34.0. The van der Waals surface area contributed by atoms with Crippen molar-refractivity contribution in [3.05, 3.63) is 0 Å². The van der Waals surface area contributed by atoms with Crippen LogP contribution in [0.2, 0.25) is 0 Å². The van der Waals surface area contributed by atoms with Crippen molar-refractivity contribution in [1.29, 1.82) is 0 Å². The quantitative estimate of drug-likeness (QED) is 0.401. The molecule has 5 unspecified atom stereocenters. The van der Waals surface area contributed by atoms with Gasteiger partial charge in [0.25, 0.3) is 0 Å². The van der Waals surface area contributed by atoms with Gasteiger partial charge in [0.1, 0.15) is 18.1 Å². The minimum absolute atomic E-state index is 0.328. The maximum atomic E-state index is 11.9. The highest BCUT2D eigenvalue weighted by Gasteiger charge is 2.65. The van der Waals surface area contributed by atoms with Gasteiger partial charge in [-0.3, -0.25) is 14.4 Å². The molecule has 3 aliphatic heterocycles. The Morgan fingerprint density at radius 3 is 2.54 bits per heavy atom.